The van der Waals surface area contributed by atoms with E-state index in [1.54, 1.807) is 18.2 Å². The number of ether oxygens (including phenoxy) is 2. The number of fused-ring (bicyclic) bond motifs is 1. The summed E-state index contributed by atoms with van der Waals surface area (Å²) in [6.45, 7) is 4.81. The summed E-state index contributed by atoms with van der Waals surface area (Å²) in [6.07, 6.45) is 0. The number of hydrogen-bond acceptors (Lipinski definition) is 6. The second-order valence-electron chi connectivity index (χ2n) is 7.06. The topological polar surface area (TPSA) is 85.7 Å². The molecular weight excluding hydrogens is 384 g/mol. The molecule has 2 aromatic carbocycles. The van der Waals surface area contributed by atoms with Crippen LogP contribution in [0.5, 0.6) is 0 Å². The number of carbonyl (C=O) groups is 2. The van der Waals surface area contributed by atoms with Crippen molar-refractivity contribution in [2.24, 2.45) is 0 Å². The number of aromatic nitrogens is 2. The van der Waals surface area contributed by atoms with Crippen molar-refractivity contribution in [1.29, 1.82) is 0 Å². The zero-order chi connectivity index (χ0) is 20.9. The van der Waals surface area contributed by atoms with Crippen LogP contribution >= 0.6 is 0 Å². The number of carbonyl (C=O) groups excluding carboxylic acids is 2. The highest BCUT2D eigenvalue weighted by atomic mass is 16.5. The third-order valence-electron chi connectivity index (χ3n) is 5.17. The number of hydrogen-bond donors (Lipinski definition) is 1. The van der Waals surface area contributed by atoms with E-state index in [1.165, 1.54) is 13.2 Å². The van der Waals surface area contributed by atoms with Crippen molar-refractivity contribution in [3.05, 3.63) is 59.7 Å². The van der Waals surface area contributed by atoms with Crippen LogP contribution in [0.1, 0.15) is 20.7 Å². The van der Waals surface area contributed by atoms with E-state index >= 15 is 0 Å². The van der Waals surface area contributed by atoms with Gasteiger partial charge in [0, 0.05) is 31.7 Å². The fraction of sp³-hybridized carbons (Fsp3) is 0.318. The Morgan fingerprint density at radius 1 is 1.07 bits per heavy atom. The SMILES string of the molecule is COC(=O)c1cccc(C(=O)Nc2nc3ccccc3n2CCN2CCOCC2)c1. The molecule has 1 aromatic heterocycles. The average Bonchev–Trinajstić information content (AvgIpc) is 3.14. The van der Waals surface area contributed by atoms with Crippen LogP contribution in [0.4, 0.5) is 5.95 Å². The predicted octanol–water partition coefficient (Wildman–Crippen LogP) is 2.41. The highest BCUT2D eigenvalue weighted by Gasteiger charge is 2.17. The number of esters is 1. The molecule has 4 rings (SSSR count). The maximum Gasteiger partial charge on any atom is 0.337 e. The molecule has 0 spiro atoms. The molecule has 1 aliphatic rings. The molecule has 0 radical (unpaired) electrons. The number of amides is 1. The number of methoxy groups -OCH3 is 1. The lowest BCUT2D eigenvalue weighted by atomic mass is 10.1. The second-order valence-corrected chi connectivity index (χ2v) is 7.06. The first-order valence-corrected chi connectivity index (χ1v) is 9.91. The lowest BCUT2D eigenvalue weighted by Gasteiger charge is -2.26. The van der Waals surface area contributed by atoms with Crippen LogP contribution in [0.15, 0.2) is 48.5 Å². The van der Waals surface area contributed by atoms with Gasteiger partial charge in [0.05, 0.1) is 36.9 Å². The molecule has 3 aromatic rings. The molecular formula is C22H24N4O4. The Morgan fingerprint density at radius 3 is 2.63 bits per heavy atom. The maximum absolute atomic E-state index is 12.9. The minimum atomic E-state index is -0.484. The fourth-order valence-corrected chi connectivity index (χ4v) is 3.54. The predicted molar refractivity (Wildman–Crippen MR) is 113 cm³/mol. The van der Waals surface area contributed by atoms with Gasteiger partial charge in [-0.15, -0.1) is 0 Å². The number of morpholine rings is 1. The zero-order valence-corrected chi connectivity index (χ0v) is 16.8. The lowest BCUT2D eigenvalue weighted by molar-refractivity contribution is 0.0366. The number of rotatable bonds is 6. The lowest BCUT2D eigenvalue weighted by Crippen LogP contribution is -2.38. The van der Waals surface area contributed by atoms with Crippen LogP contribution in [0.3, 0.4) is 0 Å². The number of imidazole rings is 1. The molecule has 30 heavy (non-hydrogen) atoms. The smallest absolute Gasteiger partial charge is 0.337 e. The molecule has 1 fully saturated rings. The Hall–Kier alpha value is -3.23. The van der Waals surface area contributed by atoms with Gasteiger partial charge in [-0.3, -0.25) is 15.0 Å². The van der Waals surface area contributed by atoms with Gasteiger partial charge in [0.25, 0.3) is 5.91 Å². The number of anilines is 1. The summed E-state index contributed by atoms with van der Waals surface area (Å²) in [6, 6.07) is 14.2. The number of benzene rings is 2. The third kappa shape index (κ3) is 4.34. The molecule has 2 heterocycles. The van der Waals surface area contributed by atoms with E-state index in [9.17, 15) is 9.59 Å². The van der Waals surface area contributed by atoms with Gasteiger partial charge in [0.2, 0.25) is 5.95 Å². The van der Waals surface area contributed by atoms with Gasteiger partial charge < -0.3 is 14.0 Å². The normalized spacial score (nSPS) is 14.6. The standard InChI is InChI=1S/C22H24N4O4/c1-29-21(28)17-6-4-5-16(15-17)20(27)24-22-23-18-7-2-3-8-19(18)26(22)10-9-25-11-13-30-14-12-25/h2-8,15H,9-14H2,1H3,(H,23,24,27). The summed E-state index contributed by atoms with van der Waals surface area (Å²) in [5, 5.41) is 2.91. The Kier molecular flexibility index (Phi) is 6.06. The van der Waals surface area contributed by atoms with Gasteiger partial charge >= 0.3 is 5.97 Å². The maximum atomic E-state index is 12.9. The van der Waals surface area contributed by atoms with E-state index in [-0.39, 0.29) is 5.91 Å². The highest BCUT2D eigenvalue weighted by molar-refractivity contribution is 6.05. The van der Waals surface area contributed by atoms with E-state index in [0.29, 0.717) is 23.6 Å². The third-order valence-corrected chi connectivity index (χ3v) is 5.17. The second kappa shape index (κ2) is 9.06. The van der Waals surface area contributed by atoms with Crippen molar-refractivity contribution in [3.63, 3.8) is 0 Å². The summed E-state index contributed by atoms with van der Waals surface area (Å²) in [5.41, 5.74) is 2.47. The first kappa shape index (κ1) is 20.1. The zero-order valence-electron chi connectivity index (χ0n) is 16.8. The van der Waals surface area contributed by atoms with Gasteiger partial charge in [0.15, 0.2) is 0 Å². The van der Waals surface area contributed by atoms with Crippen LogP contribution in [0.2, 0.25) is 0 Å². The fourth-order valence-electron chi connectivity index (χ4n) is 3.54. The monoisotopic (exact) mass is 408 g/mol. The highest BCUT2D eigenvalue weighted by Crippen LogP contribution is 2.20. The molecule has 0 unspecified atom stereocenters. The quantitative estimate of drug-likeness (QED) is 0.631. The minimum absolute atomic E-state index is 0.325. The van der Waals surface area contributed by atoms with Crippen molar-refractivity contribution < 1.29 is 19.1 Å². The first-order chi connectivity index (χ1) is 14.7. The Morgan fingerprint density at radius 2 is 1.83 bits per heavy atom. The summed E-state index contributed by atoms with van der Waals surface area (Å²) < 4.78 is 12.2. The van der Waals surface area contributed by atoms with Crippen LogP contribution in [0, 0.1) is 0 Å². The largest absolute Gasteiger partial charge is 0.465 e. The van der Waals surface area contributed by atoms with Gasteiger partial charge in [-0.25, -0.2) is 9.78 Å². The molecule has 8 nitrogen and oxygen atoms in total. The van der Waals surface area contributed by atoms with Crippen LogP contribution in [0.25, 0.3) is 11.0 Å². The Balaban J connectivity index is 1.57. The first-order valence-electron chi connectivity index (χ1n) is 9.91. The van der Waals surface area contributed by atoms with E-state index < -0.39 is 5.97 Å². The average molecular weight is 408 g/mol. The molecule has 1 aliphatic heterocycles. The summed E-state index contributed by atoms with van der Waals surface area (Å²) >= 11 is 0. The van der Waals surface area contributed by atoms with Crippen LogP contribution in [-0.4, -0.2) is 66.3 Å². The molecule has 0 saturated carbocycles. The molecule has 1 amide bonds. The van der Waals surface area contributed by atoms with E-state index in [4.69, 9.17) is 9.47 Å². The molecule has 156 valence electrons. The van der Waals surface area contributed by atoms with E-state index in [1.807, 2.05) is 28.8 Å². The minimum Gasteiger partial charge on any atom is -0.465 e. The van der Waals surface area contributed by atoms with Gasteiger partial charge in [-0.2, -0.15) is 0 Å². The summed E-state index contributed by atoms with van der Waals surface area (Å²) in [5.74, 6) is -0.330. The Bertz CT molecular complexity index is 1060. The molecule has 8 heteroatoms. The molecule has 0 bridgehead atoms. The van der Waals surface area contributed by atoms with Gasteiger partial charge in [0.1, 0.15) is 0 Å². The summed E-state index contributed by atoms with van der Waals surface area (Å²) in [4.78, 5) is 31.6. The van der Waals surface area contributed by atoms with Crippen molar-refractivity contribution in [2.45, 2.75) is 6.54 Å². The number of nitrogens with one attached hydrogen (secondary N) is 1. The molecule has 1 N–H and O–H groups in total. The van der Waals surface area contributed by atoms with Crippen molar-refractivity contribution >= 4 is 28.9 Å². The van der Waals surface area contributed by atoms with Gasteiger partial charge in [-0.05, 0) is 30.3 Å². The number of para-hydroxylation sites is 2. The molecule has 0 aliphatic carbocycles. The molecule has 0 atom stereocenters. The van der Waals surface area contributed by atoms with Gasteiger partial charge in [-0.1, -0.05) is 18.2 Å². The number of nitrogens with zero attached hydrogens (tertiary/aromatic N) is 3. The van der Waals surface area contributed by atoms with Crippen molar-refractivity contribution in [2.75, 3.05) is 45.3 Å². The van der Waals surface area contributed by atoms with E-state index in [2.05, 4.69) is 15.2 Å². The van der Waals surface area contributed by atoms with Crippen LogP contribution < -0.4 is 5.32 Å². The Labute approximate surface area is 174 Å². The van der Waals surface area contributed by atoms with Crippen molar-refractivity contribution in [1.82, 2.24) is 14.5 Å². The molecule has 1 saturated heterocycles. The van der Waals surface area contributed by atoms with E-state index in [0.717, 1.165) is 43.9 Å². The summed E-state index contributed by atoms with van der Waals surface area (Å²) in [7, 11) is 1.31. The van der Waals surface area contributed by atoms with Crippen molar-refractivity contribution in [3.8, 4) is 0 Å². The van der Waals surface area contributed by atoms with Crippen LogP contribution in [-0.2, 0) is 16.0 Å².